The highest BCUT2D eigenvalue weighted by atomic mass is 16.5. The summed E-state index contributed by atoms with van der Waals surface area (Å²) in [5, 5.41) is 0.772. The molecule has 7 nitrogen and oxygen atoms in total. The van der Waals surface area contributed by atoms with Crippen LogP contribution in [0.3, 0.4) is 0 Å². The fourth-order valence-electron chi connectivity index (χ4n) is 2.67. The Morgan fingerprint density at radius 2 is 1.96 bits per heavy atom. The number of carbonyl (C=O) groups excluding carboxylic acids is 1. The average Bonchev–Trinajstić information content (AvgIpc) is 3.06. The zero-order chi connectivity index (χ0) is 17.4. The lowest BCUT2D eigenvalue weighted by Gasteiger charge is -2.05. The van der Waals surface area contributed by atoms with Gasteiger partial charge in [0.15, 0.2) is 18.1 Å². The normalized spacial score (nSPS) is 11.1. The van der Waals surface area contributed by atoms with E-state index in [1.54, 1.807) is 6.20 Å². The highest BCUT2D eigenvalue weighted by Gasteiger charge is 2.14. The molecule has 3 aromatic heterocycles. The molecule has 0 fully saturated rings. The number of nitrogens with zero attached hydrogens (tertiary/aromatic N) is 4. The molecule has 4 aromatic rings. The molecular weight excluding hydrogens is 318 g/mol. The van der Waals surface area contributed by atoms with Gasteiger partial charge in [0.2, 0.25) is 0 Å². The van der Waals surface area contributed by atoms with Gasteiger partial charge < -0.3 is 14.9 Å². The molecule has 124 valence electrons. The number of ether oxygens (including phenoxy) is 1. The Hall–Kier alpha value is -3.48. The van der Waals surface area contributed by atoms with E-state index in [0.29, 0.717) is 22.8 Å². The number of esters is 1. The lowest BCUT2D eigenvalue weighted by molar-refractivity contribution is 0.0456. The molecular formula is C18H15N5O2. The van der Waals surface area contributed by atoms with Crippen molar-refractivity contribution in [3.8, 4) is 0 Å². The van der Waals surface area contributed by atoms with E-state index < -0.39 is 5.97 Å². The monoisotopic (exact) mass is 333 g/mol. The number of aromatic nitrogens is 4. The maximum atomic E-state index is 12.3. The van der Waals surface area contributed by atoms with Crippen LogP contribution in [-0.4, -0.2) is 25.3 Å². The topological polar surface area (TPSA) is 95.4 Å². The summed E-state index contributed by atoms with van der Waals surface area (Å²) in [7, 11) is 0. The van der Waals surface area contributed by atoms with E-state index in [1.807, 2.05) is 53.8 Å². The number of carbonyl (C=O) groups is 1. The summed E-state index contributed by atoms with van der Waals surface area (Å²) < 4.78 is 7.13. The first-order chi connectivity index (χ1) is 12.1. The van der Waals surface area contributed by atoms with Crippen LogP contribution in [0.2, 0.25) is 0 Å². The van der Waals surface area contributed by atoms with E-state index in [-0.39, 0.29) is 12.3 Å². The molecule has 0 aliphatic carbocycles. The molecule has 0 atom stereocenters. The van der Waals surface area contributed by atoms with E-state index in [0.717, 1.165) is 11.1 Å². The third-order valence-electron chi connectivity index (χ3n) is 3.92. The van der Waals surface area contributed by atoms with Gasteiger partial charge in [-0.2, -0.15) is 0 Å². The number of hydrogen-bond donors (Lipinski definition) is 1. The quantitative estimate of drug-likeness (QED) is 0.579. The molecule has 4 rings (SSSR count). The molecule has 0 bridgehead atoms. The molecule has 25 heavy (non-hydrogen) atoms. The van der Waals surface area contributed by atoms with Crippen molar-refractivity contribution in [2.24, 2.45) is 0 Å². The summed E-state index contributed by atoms with van der Waals surface area (Å²) >= 11 is 0. The third kappa shape index (κ3) is 2.76. The summed E-state index contributed by atoms with van der Waals surface area (Å²) in [5.74, 6) is 0.183. The number of nitrogens with two attached hydrogens (primary N) is 1. The first-order valence-electron chi connectivity index (χ1n) is 7.75. The summed E-state index contributed by atoms with van der Waals surface area (Å²) in [6.07, 6.45) is 1.66. The molecule has 1 aromatic carbocycles. The van der Waals surface area contributed by atoms with Gasteiger partial charge >= 0.3 is 5.97 Å². The van der Waals surface area contributed by atoms with Gasteiger partial charge in [0.25, 0.3) is 0 Å². The van der Waals surface area contributed by atoms with Gasteiger partial charge in [0.05, 0.1) is 5.52 Å². The van der Waals surface area contributed by atoms with Crippen LogP contribution < -0.4 is 5.73 Å². The standard InChI is InChI=1S/C18H15N5O2/c1-11-5-4-8-16-21-14(9-23(11)16)18(24)25-10-15-20-13-7-3-2-6-12(13)17(19)22-15/h2-9H,10H2,1H3,(H2,19,20,22). The van der Waals surface area contributed by atoms with Gasteiger partial charge in [0.1, 0.15) is 11.5 Å². The van der Waals surface area contributed by atoms with Gasteiger partial charge in [-0.05, 0) is 31.2 Å². The van der Waals surface area contributed by atoms with Gasteiger partial charge in [-0.3, -0.25) is 0 Å². The number of aryl methyl sites for hydroxylation is 1. The van der Waals surface area contributed by atoms with Crippen LogP contribution in [-0.2, 0) is 11.3 Å². The number of para-hydroxylation sites is 1. The lowest BCUT2D eigenvalue weighted by atomic mass is 10.2. The summed E-state index contributed by atoms with van der Waals surface area (Å²) in [4.78, 5) is 25.1. The minimum Gasteiger partial charge on any atom is -0.453 e. The van der Waals surface area contributed by atoms with Crippen LogP contribution in [0, 0.1) is 6.92 Å². The number of nitrogen functional groups attached to an aromatic ring is 1. The van der Waals surface area contributed by atoms with Crippen molar-refractivity contribution in [1.82, 2.24) is 19.4 Å². The highest BCUT2D eigenvalue weighted by molar-refractivity contribution is 5.88. The Bertz CT molecular complexity index is 1100. The van der Waals surface area contributed by atoms with Crippen LogP contribution in [0.1, 0.15) is 22.0 Å². The molecule has 0 saturated carbocycles. The summed E-state index contributed by atoms with van der Waals surface area (Å²) in [5.41, 5.74) is 8.56. The van der Waals surface area contributed by atoms with Crippen molar-refractivity contribution in [2.45, 2.75) is 13.5 Å². The van der Waals surface area contributed by atoms with E-state index in [2.05, 4.69) is 15.0 Å². The van der Waals surface area contributed by atoms with Crippen molar-refractivity contribution < 1.29 is 9.53 Å². The van der Waals surface area contributed by atoms with E-state index in [9.17, 15) is 4.79 Å². The minimum atomic E-state index is -0.529. The number of pyridine rings is 1. The van der Waals surface area contributed by atoms with E-state index in [4.69, 9.17) is 10.5 Å². The Morgan fingerprint density at radius 1 is 1.12 bits per heavy atom. The predicted octanol–water partition coefficient (Wildman–Crippen LogP) is 2.53. The number of hydrogen-bond acceptors (Lipinski definition) is 6. The second kappa shape index (κ2) is 5.86. The largest absolute Gasteiger partial charge is 0.453 e. The van der Waals surface area contributed by atoms with Crippen molar-refractivity contribution >= 4 is 28.3 Å². The highest BCUT2D eigenvalue weighted by Crippen LogP contribution is 2.17. The minimum absolute atomic E-state index is 0.0687. The Morgan fingerprint density at radius 3 is 2.80 bits per heavy atom. The van der Waals surface area contributed by atoms with Crippen LogP contribution >= 0.6 is 0 Å². The molecule has 0 aliphatic heterocycles. The third-order valence-corrected chi connectivity index (χ3v) is 3.92. The maximum Gasteiger partial charge on any atom is 0.359 e. The van der Waals surface area contributed by atoms with Crippen LogP contribution in [0.25, 0.3) is 16.6 Å². The summed E-state index contributed by atoms with van der Waals surface area (Å²) in [6, 6.07) is 13.1. The number of rotatable bonds is 3. The zero-order valence-corrected chi connectivity index (χ0v) is 13.5. The van der Waals surface area contributed by atoms with E-state index >= 15 is 0 Å². The van der Waals surface area contributed by atoms with Crippen molar-refractivity contribution in [3.05, 3.63) is 65.9 Å². The molecule has 7 heteroatoms. The van der Waals surface area contributed by atoms with E-state index in [1.165, 1.54) is 0 Å². The van der Waals surface area contributed by atoms with Gasteiger partial charge in [-0.25, -0.2) is 19.7 Å². The van der Waals surface area contributed by atoms with Gasteiger partial charge in [-0.1, -0.05) is 18.2 Å². The number of benzene rings is 1. The number of imidazole rings is 1. The van der Waals surface area contributed by atoms with Crippen LogP contribution in [0.5, 0.6) is 0 Å². The maximum absolute atomic E-state index is 12.3. The van der Waals surface area contributed by atoms with Crippen LogP contribution in [0.15, 0.2) is 48.7 Å². The molecule has 2 N–H and O–H groups in total. The molecule has 0 saturated heterocycles. The van der Waals surface area contributed by atoms with Crippen LogP contribution in [0.4, 0.5) is 5.82 Å². The van der Waals surface area contributed by atoms with Gasteiger partial charge in [-0.15, -0.1) is 0 Å². The SMILES string of the molecule is Cc1cccc2nc(C(=O)OCc3nc(N)c4ccccc4n3)cn12. The average molecular weight is 333 g/mol. The molecule has 3 heterocycles. The molecule has 0 amide bonds. The summed E-state index contributed by atoms with van der Waals surface area (Å²) in [6.45, 7) is 1.87. The van der Waals surface area contributed by atoms with Crippen molar-refractivity contribution in [3.63, 3.8) is 0 Å². The first kappa shape index (κ1) is 15.1. The second-order valence-corrected chi connectivity index (χ2v) is 5.64. The first-order valence-corrected chi connectivity index (χ1v) is 7.75. The second-order valence-electron chi connectivity index (χ2n) is 5.64. The Balaban J connectivity index is 1.56. The van der Waals surface area contributed by atoms with Crippen molar-refractivity contribution in [2.75, 3.05) is 5.73 Å². The Labute approximate surface area is 143 Å². The van der Waals surface area contributed by atoms with Gasteiger partial charge in [0, 0.05) is 17.3 Å². The lowest BCUT2D eigenvalue weighted by Crippen LogP contribution is -2.09. The smallest absolute Gasteiger partial charge is 0.359 e. The fourth-order valence-corrected chi connectivity index (χ4v) is 2.67. The number of anilines is 1. The molecule has 0 aliphatic rings. The number of fused-ring (bicyclic) bond motifs is 2. The molecule has 0 radical (unpaired) electrons. The fraction of sp³-hybridized carbons (Fsp3) is 0.111. The van der Waals surface area contributed by atoms with Crippen molar-refractivity contribution in [1.29, 1.82) is 0 Å². The molecule has 0 spiro atoms. The predicted molar refractivity (Wildman–Crippen MR) is 93.0 cm³/mol. The zero-order valence-electron chi connectivity index (χ0n) is 13.5. The Kier molecular flexibility index (Phi) is 3.53. The molecule has 0 unspecified atom stereocenters.